The molecule has 1 aromatic rings. The van der Waals surface area contributed by atoms with Crippen molar-refractivity contribution < 1.29 is 8.95 Å². The molecule has 1 heterocycles. The highest BCUT2D eigenvalue weighted by molar-refractivity contribution is 7.84. The van der Waals surface area contributed by atoms with E-state index in [0.29, 0.717) is 23.0 Å². The third-order valence-electron chi connectivity index (χ3n) is 5.56. The average Bonchev–Trinajstić information content (AvgIpc) is 2.58. The van der Waals surface area contributed by atoms with Gasteiger partial charge in [0, 0.05) is 46.7 Å². The molecule has 1 aromatic carbocycles. The standard InChI is InChI=1S/C20H31NO2S/c1-15-6-7-20(16(2)12-15)21-18-5-3-4-17(13-18)14-24(22)19-8-10-23-11-9-19/h3-5,13,15-16,19-21H,6-12,14H2,1-2H3/t15-,16-,20+,24+/m1/s1. The normalized spacial score (nSPS) is 30.0. The summed E-state index contributed by atoms with van der Waals surface area (Å²) in [6.45, 7) is 6.24. The minimum Gasteiger partial charge on any atom is -0.382 e. The van der Waals surface area contributed by atoms with Crippen LogP contribution < -0.4 is 5.32 Å². The molecule has 1 aliphatic carbocycles. The van der Waals surface area contributed by atoms with Crippen LogP contribution in [0, 0.1) is 11.8 Å². The van der Waals surface area contributed by atoms with Crippen LogP contribution in [-0.4, -0.2) is 28.7 Å². The fourth-order valence-corrected chi connectivity index (χ4v) is 5.53. The Morgan fingerprint density at radius 1 is 1.17 bits per heavy atom. The zero-order valence-corrected chi connectivity index (χ0v) is 15.8. The Hall–Kier alpha value is -0.870. The van der Waals surface area contributed by atoms with Gasteiger partial charge in [0.2, 0.25) is 0 Å². The van der Waals surface area contributed by atoms with Gasteiger partial charge in [0.05, 0.1) is 0 Å². The maximum absolute atomic E-state index is 12.6. The Morgan fingerprint density at radius 3 is 2.71 bits per heavy atom. The highest BCUT2D eigenvalue weighted by atomic mass is 32.2. The predicted octanol–water partition coefficient (Wildman–Crippen LogP) is 4.35. The summed E-state index contributed by atoms with van der Waals surface area (Å²) >= 11 is 0. The van der Waals surface area contributed by atoms with Gasteiger partial charge in [0.25, 0.3) is 0 Å². The molecule has 1 aliphatic heterocycles. The van der Waals surface area contributed by atoms with Crippen LogP contribution in [0.15, 0.2) is 24.3 Å². The number of nitrogens with one attached hydrogen (secondary N) is 1. The first-order valence-corrected chi connectivity index (χ1v) is 10.8. The van der Waals surface area contributed by atoms with Crippen molar-refractivity contribution in [1.82, 2.24) is 0 Å². The number of anilines is 1. The molecule has 1 saturated carbocycles. The van der Waals surface area contributed by atoms with Crippen LogP contribution >= 0.6 is 0 Å². The van der Waals surface area contributed by atoms with Crippen LogP contribution in [0.3, 0.4) is 0 Å². The average molecular weight is 350 g/mol. The molecule has 0 unspecified atom stereocenters. The van der Waals surface area contributed by atoms with Crippen molar-refractivity contribution in [2.45, 2.75) is 63.0 Å². The highest BCUT2D eigenvalue weighted by Crippen LogP contribution is 2.31. The summed E-state index contributed by atoms with van der Waals surface area (Å²) in [5.41, 5.74) is 2.37. The van der Waals surface area contributed by atoms with Crippen molar-refractivity contribution in [1.29, 1.82) is 0 Å². The molecule has 134 valence electrons. The van der Waals surface area contributed by atoms with E-state index in [2.05, 4.69) is 43.4 Å². The second-order valence-electron chi connectivity index (χ2n) is 7.68. The molecule has 0 radical (unpaired) electrons. The zero-order valence-electron chi connectivity index (χ0n) is 15.0. The summed E-state index contributed by atoms with van der Waals surface area (Å²) in [4.78, 5) is 0. The minimum atomic E-state index is -0.792. The summed E-state index contributed by atoms with van der Waals surface area (Å²) in [6.07, 6.45) is 5.74. The first kappa shape index (κ1) is 17.9. The molecular weight excluding hydrogens is 318 g/mol. The molecule has 2 aliphatic rings. The van der Waals surface area contributed by atoms with E-state index in [0.717, 1.165) is 32.0 Å². The number of benzene rings is 1. The Morgan fingerprint density at radius 2 is 1.96 bits per heavy atom. The molecule has 3 rings (SSSR count). The lowest BCUT2D eigenvalue weighted by Gasteiger charge is -2.34. The fraction of sp³-hybridized carbons (Fsp3) is 0.700. The fourth-order valence-electron chi connectivity index (χ4n) is 4.07. The molecule has 0 spiro atoms. The van der Waals surface area contributed by atoms with Crippen molar-refractivity contribution >= 4 is 16.5 Å². The van der Waals surface area contributed by atoms with Crippen molar-refractivity contribution in [3.63, 3.8) is 0 Å². The van der Waals surface area contributed by atoms with Crippen molar-refractivity contribution in [3.8, 4) is 0 Å². The van der Waals surface area contributed by atoms with Gasteiger partial charge in [0.1, 0.15) is 0 Å². The van der Waals surface area contributed by atoms with E-state index in [1.54, 1.807) is 0 Å². The minimum absolute atomic E-state index is 0.301. The molecule has 4 heteroatoms. The maximum atomic E-state index is 12.6. The Kier molecular flexibility index (Phi) is 6.34. The van der Waals surface area contributed by atoms with Gasteiger partial charge in [-0.15, -0.1) is 0 Å². The zero-order chi connectivity index (χ0) is 16.9. The Balaban J connectivity index is 1.58. The third kappa shape index (κ3) is 4.82. The number of ether oxygens (including phenoxy) is 1. The van der Waals surface area contributed by atoms with Gasteiger partial charge in [0.15, 0.2) is 0 Å². The van der Waals surface area contributed by atoms with Gasteiger partial charge in [-0.2, -0.15) is 0 Å². The van der Waals surface area contributed by atoms with Crippen molar-refractivity contribution in [2.75, 3.05) is 18.5 Å². The lowest BCUT2D eigenvalue weighted by molar-refractivity contribution is 0.0992. The monoisotopic (exact) mass is 349 g/mol. The first-order valence-electron chi connectivity index (χ1n) is 9.42. The van der Waals surface area contributed by atoms with Crippen molar-refractivity contribution in [3.05, 3.63) is 29.8 Å². The summed E-state index contributed by atoms with van der Waals surface area (Å²) in [5.74, 6) is 2.23. The molecular formula is C20H31NO2S. The summed E-state index contributed by atoms with van der Waals surface area (Å²) in [6, 6.07) is 9.11. The molecule has 1 saturated heterocycles. The number of hydrogen-bond donors (Lipinski definition) is 1. The third-order valence-corrected chi connectivity index (χ3v) is 7.39. The smallest absolute Gasteiger partial charge is 0.0489 e. The molecule has 0 aromatic heterocycles. The van der Waals surface area contributed by atoms with Gasteiger partial charge in [-0.3, -0.25) is 4.21 Å². The second kappa shape index (κ2) is 8.48. The Labute approximate surface area is 149 Å². The van der Waals surface area contributed by atoms with Crippen molar-refractivity contribution in [2.24, 2.45) is 11.8 Å². The molecule has 4 atom stereocenters. The predicted molar refractivity (Wildman–Crippen MR) is 102 cm³/mol. The van der Waals surface area contributed by atoms with E-state index in [1.165, 1.54) is 30.5 Å². The van der Waals surface area contributed by atoms with Gasteiger partial charge >= 0.3 is 0 Å². The van der Waals surface area contributed by atoms with Gasteiger partial charge in [-0.1, -0.05) is 26.0 Å². The van der Waals surface area contributed by atoms with Crippen LogP contribution in [-0.2, 0) is 21.3 Å². The molecule has 0 bridgehead atoms. The van der Waals surface area contributed by atoms with Crippen LogP contribution in [0.25, 0.3) is 0 Å². The Bertz CT molecular complexity index is 556. The van der Waals surface area contributed by atoms with Crippen LogP contribution in [0.1, 0.15) is 51.5 Å². The van der Waals surface area contributed by atoms with Gasteiger partial charge in [-0.25, -0.2) is 0 Å². The molecule has 0 amide bonds. The quantitative estimate of drug-likeness (QED) is 0.859. The number of hydrogen-bond acceptors (Lipinski definition) is 3. The molecule has 1 N–H and O–H groups in total. The summed E-state index contributed by atoms with van der Waals surface area (Å²) < 4.78 is 18.0. The SMILES string of the molecule is C[C@@H]1CC[C@H](Nc2cccc(C[S@](=O)C3CCOCC3)c2)[C@H](C)C1. The van der Waals surface area contributed by atoms with Crippen LogP contribution in [0.2, 0.25) is 0 Å². The first-order chi connectivity index (χ1) is 11.6. The van der Waals surface area contributed by atoms with Crippen LogP contribution in [0.4, 0.5) is 5.69 Å². The lowest BCUT2D eigenvalue weighted by Crippen LogP contribution is -2.33. The maximum Gasteiger partial charge on any atom is 0.0489 e. The van der Waals surface area contributed by atoms with E-state index < -0.39 is 10.8 Å². The summed E-state index contributed by atoms with van der Waals surface area (Å²) in [7, 11) is -0.792. The number of rotatable bonds is 5. The molecule has 2 fully saturated rings. The van der Waals surface area contributed by atoms with E-state index in [1.807, 2.05) is 0 Å². The van der Waals surface area contributed by atoms with Gasteiger partial charge in [-0.05, 0) is 61.6 Å². The summed E-state index contributed by atoms with van der Waals surface area (Å²) in [5, 5.41) is 4.03. The topological polar surface area (TPSA) is 38.3 Å². The van der Waals surface area contributed by atoms with E-state index in [-0.39, 0.29) is 0 Å². The molecule has 24 heavy (non-hydrogen) atoms. The van der Waals surface area contributed by atoms with E-state index in [4.69, 9.17) is 4.74 Å². The highest BCUT2D eigenvalue weighted by Gasteiger charge is 2.25. The van der Waals surface area contributed by atoms with Crippen LogP contribution in [0.5, 0.6) is 0 Å². The lowest BCUT2D eigenvalue weighted by atomic mass is 9.80. The largest absolute Gasteiger partial charge is 0.382 e. The van der Waals surface area contributed by atoms with E-state index >= 15 is 0 Å². The van der Waals surface area contributed by atoms with Gasteiger partial charge < -0.3 is 10.1 Å². The molecule has 3 nitrogen and oxygen atoms in total. The second-order valence-corrected chi connectivity index (χ2v) is 9.40. The van der Waals surface area contributed by atoms with E-state index in [9.17, 15) is 4.21 Å².